The molecule has 120 valence electrons. The molecule has 0 radical (unpaired) electrons. The first kappa shape index (κ1) is 15.5. The normalized spacial score (nSPS) is 14.6. The Morgan fingerprint density at radius 1 is 1.09 bits per heavy atom. The van der Waals surface area contributed by atoms with E-state index in [0.29, 0.717) is 12.2 Å². The Labute approximate surface area is 136 Å². The molecule has 23 heavy (non-hydrogen) atoms. The summed E-state index contributed by atoms with van der Waals surface area (Å²) >= 11 is 0. The lowest BCUT2D eigenvalue weighted by Crippen LogP contribution is -2.30. The fourth-order valence-electron chi connectivity index (χ4n) is 2.85. The maximum absolute atomic E-state index is 12.1. The molecule has 1 amide bonds. The summed E-state index contributed by atoms with van der Waals surface area (Å²) in [5.41, 5.74) is 2.15. The fraction of sp³-hybridized carbons (Fsp3) is 0.389. The van der Waals surface area contributed by atoms with Crippen molar-refractivity contribution >= 4 is 17.5 Å². The Kier molecular flexibility index (Phi) is 4.86. The van der Waals surface area contributed by atoms with Crippen LogP contribution < -0.4 is 10.2 Å². The van der Waals surface area contributed by atoms with E-state index in [-0.39, 0.29) is 5.91 Å². The van der Waals surface area contributed by atoms with Gasteiger partial charge in [-0.3, -0.25) is 4.79 Å². The van der Waals surface area contributed by atoms with Gasteiger partial charge in [-0.05, 0) is 49.4 Å². The molecule has 1 aliphatic heterocycles. The first-order valence-corrected chi connectivity index (χ1v) is 8.15. The van der Waals surface area contributed by atoms with E-state index in [4.69, 9.17) is 0 Å². The lowest BCUT2D eigenvalue weighted by atomic mass is 10.1. The molecule has 1 aromatic carbocycles. The van der Waals surface area contributed by atoms with Gasteiger partial charge in [0.15, 0.2) is 11.6 Å². The largest absolute Gasteiger partial charge is 0.355 e. The molecule has 2 aromatic rings. The van der Waals surface area contributed by atoms with Gasteiger partial charge < -0.3 is 10.2 Å². The maximum Gasteiger partial charge on any atom is 0.230 e. The van der Waals surface area contributed by atoms with Crippen molar-refractivity contribution in [3.63, 3.8) is 0 Å². The molecular weight excluding hydrogens is 288 g/mol. The van der Waals surface area contributed by atoms with E-state index in [0.717, 1.165) is 30.0 Å². The van der Waals surface area contributed by atoms with Crippen molar-refractivity contribution in [3.05, 3.63) is 47.5 Å². The number of nitrogens with zero attached hydrogens (tertiary/aromatic N) is 3. The minimum absolute atomic E-state index is 0.0701. The maximum atomic E-state index is 12.1. The number of carbonyl (C=O) groups is 1. The lowest BCUT2D eigenvalue weighted by molar-refractivity contribution is -0.115. The quantitative estimate of drug-likeness (QED) is 0.943. The molecule has 5 heteroatoms. The number of carbonyl (C=O) groups excluding carboxylic acids is 1. The second-order valence-corrected chi connectivity index (χ2v) is 5.98. The van der Waals surface area contributed by atoms with Crippen LogP contribution in [0, 0.1) is 6.92 Å². The van der Waals surface area contributed by atoms with Crippen molar-refractivity contribution < 1.29 is 4.79 Å². The summed E-state index contributed by atoms with van der Waals surface area (Å²) in [6.45, 7) is 4.08. The third-order valence-corrected chi connectivity index (χ3v) is 4.21. The van der Waals surface area contributed by atoms with Crippen LogP contribution in [-0.2, 0) is 11.2 Å². The first-order valence-electron chi connectivity index (χ1n) is 8.15. The molecule has 0 aliphatic carbocycles. The molecule has 1 N–H and O–H groups in total. The third-order valence-electron chi connectivity index (χ3n) is 4.21. The molecule has 0 bridgehead atoms. The smallest absolute Gasteiger partial charge is 0.230 e. The number of aryl methyl sites for hydroxylation is 1. The van der Waals surface area contributed by atoms with Gasteiger partial charge in [-0.1, -0.05) is 24.3 Å². The third kappa shape index (κ3) is 4.06. The summed E-state index contributed by atoms with van der Waals surface area (Å²) in [6, 6.07) is 11.7. The van der Waals surface area contributed by atoms with Gasteiger partial charge in [0.25, 0.3) is 0 Å². The predicted octanol–water partition coefficient (Wildman–Crippen LogP) is 2.96. The standard InChI is InChI=1S/C18H22N4O/c1-14-7-3-4-8-15(14)13-18(23)19-16-9-10-17(21-20-16)22-11-5-2-6-12-22/h3-4,7-10H,2,5-6,11-13H2,1H3,(H,19,20,23). The van der Waals surface area contributed by atoms with Crippen LogP contribution in [0.1, 0.15) is 30.4 Å². The van der Waals surface area contributed by atoms with E-state index < -0.39 is 0 Å². The number of amides is 1. The molecule has 3 rings (SSSR count). The summed E-state index contributed by atoms with van der Waals surface area (Å²) in [5, 5.41) is 11.2. The van der Waals surface area contributed by atoms with Crippen LogP contribution in [0.4, 0.5) is 11.6 Å². The SMILES string of the molecule is Cc1ccccc1CC(=O)Nc1ccc(N2CCCCC2)nn1. The van der Waals surface area contributed by atoms with E-state index in [2.05, 4.69) is 20.4 Å². The highest BCUT2D eigenvalue weighted by atomic mass is 16.1. The van der Waals surface area contributed by atoms with Crippen molar-refractivity contribution in [1.82, 2.24) is 10.2 Å². The number of hydrogen-bond donors (Lipinski definition) is 1. The van der Waals surface area contributed by atoms with Crippen LogP contribution in [-0.4, -0.2) is 29.2 Å². The average molecular weight is 310 g/mol. The van der Waals surface area contributed by atoms with E-state index in [1.807, 2.05) is 43.3 Å². The number of aromatic nitrogens is 2. The molecule has 1 aromatic heterocycles. The second kappa shape index (κ2) is 7.22. The van der Waals surface area contributed by atoms with Gasteiger partial charge >= 0.3 is 0 Å². The number of piperidine rings is 1. The summed E-state index contributed by atoms with van der Waals surface area (Å²) in [5.74, 6) is 1.32. The van der Waals surface area contributed by atoms with E-state index in [1.165, 1.54) is 19.3 Å². The Balaban J connectivity index is 1.59. The van der Waals surface area contributed by atoms with Crippen LogP contribution in [0.2, 0.25) is 0 Å². The molecule has 0 atom stereocenters. The predicted molar refractivity (Wildman–Crippen MR) is 91.6 cm³/mol. The molecule has 0 spiro atoms. The van der Waals surface area contributed by atoms with E-state index in [9.17, 15) is 4.79 Å². The van der Waals surface area contributed by atoms with Crippen LogP contribution in [0.15, 0.2) is 36.4 Å². The number of rotatable bonds is 4. The molecule has 5 nitrogen and oxygen atoms in total. The molecule has 1 aliphatic rings. The van der Waals surface area contributed by atoms with Gasteiger partial charge in [0.1, 0.15) is 0 Å². The summed E-state index contributed by atoms with van der Waals surface area (Å²) in [6.07, 6.45) is 4.05. The van der Waals surface area contributed by atoms with Crippen molar-refractivity contribution in [2.45, 2.75) is 32.6 Å². The van der Waals surface area contributed by atoms with Crippen LogP contribution in [0.5, 0.6) is 0 Å². The minimum Gasteiger partial charge on any atom is -0.355 e. The molecule has 1 fully saturated rings. The molecule has 1 saturated heterocycles. The Hall–Kier alpha value is -2.43. The molecule has 2 heterocycles. The van der Waals surface area contributed by atoms with Crippen LogP contribution >= 0.6 is 0 Å². The fourth-order valence-corrected chi connectivity index (χ4v) is 2.85. The monoisotopic (exact) mass is 310 g/mol. The topological polar surface area (TPSA) is 58.1 Å². The summed E-state index contributed by atoms with van der Waals surface area (Å²) in [4.78, 5) is 14.4. The number of hydrogen-bond acceptors (Lipinski definition) is 4. The van der Waals surface area contributed by atoms with Crippen molar-refractivity contribution in [1.29, 1.82) is 0 Å². The average Bonchev–Trinajstić information content (AvgIpc) is 2.58. The van der Waals surface area contributed by atoms with Gasteiger partial charge in [0.2, 0.25) is 5.91 Å². The van der Waals surface area contributed by atoms with Gasteiger partial charge in [0.05, 0.1) is 6.42 Å². The van der Waals surface area contributed by atoms with E-state index >= 15 is 0 Å². The van der Waals surface area contributed by atoms with Crippen LogP contribution in [0.3, 0.4) is 0 Å². The Bertz CT molecular complexity index is 663. The number of nitrogens with one attached hydrogen (secondary N) is 1. The molecular formula is C18H22N4O. The zero-order chi connectivity index (χ0) is 16.1. The zero-order valence-electron chi connectivity index (χ0n) is 13.5. The summed E-state index contributed by atoms with van der Waals surface area (Å²) in [7, 11) is 0. The second-order valence-electron chi connectivity index (χ2n) is 5.98. The number of benzene rings is 1. The van der Waals surface area contributed by atoms with E-state index in [1.54, 1.807) is 0 Å². The highest BCUT2D eigenvalue weighted by molar-refractivity contribution is 5.91. The number of anilines is 2. The van der Waals surface area contributed by atoms with Gasteiger partial charge in [-0.15, -0.1) is 10.2 Å². The molecule has 0 saturated carbocycles. The Morgan fingerprint density at radius 3 is 2.57 bits per heavy atom. The van der Waals surface area contributed by atoms with Crippen LogP contribution in [0.25, 0.3) is 0 Å². The zero-order valence-corrected chi connectivity index (χ0v) is 13.5. The van der Waals surface area contributed by atoms with Gasteiger partial charge in [-0.25, -0.2) is 0 Å². The highest BCUT2D eigenvalue weighted by Gasteiger charge is 2.13. The van der Waals surface area contributed by atoms with Crippen molar-refractivity contribution in [2.24, 2.45) is 0 Å². The lowest BCUT2D eigenvalue weighted by Gasteiger charge is -2.27. The highest BCUT2D eigenvalue weighted by Crippen LogP contribution is 2.17. The first-order chi connectivity index (χ1) is 11.2. The molecule has 0 unspecified atom stereocenters. The van der Waals surface area contributed by atoms with Crippen molar-refractivity contribution in [3.8, 4) is 0 Å². The van der Waals surface area contributed by atoms with Gasteiger partial charge in [-0.2, -0.15) is 0 Å². The minimum atomic E-state index is -0.0701. The van der Waals surface area contributed by atoms with Gasteiger partial charge in [0, 0.05) is 13.1 Å². The van der Waals surface area contributed by atoms with Crippen molar-refractivity contribution in [2.75, 3.05) is 23.3 Å². The Morgan fingerprint density at radius 2 is 1.87 bits per heavy atom. The summed E-state index contributed by atoms with van der Waals surface area (Å²) < 4.78 is 0.